The molecule has 1 amide bonds. The number of rotatable bonds is 3. The molecule has 0 radical (unpaired) electrons. The number of ether oxygens (including phenoxy) is 1. The van der Waals surface area contributed by atoms with Crippen molar-refractivity contribution in [3.63, 3.8) is 0 Å². The van der Waals surface area contributed by atoms with Crippen LogP contribution in [0.25, 0.3) is 10.2 Å². The summed E-state index contributed by atoms with van der Waals surface area (Å²) in [5.41, 5.74) is 3.46. The van der Waals surface area contributed by atoms with Crippen LogP contribution in [0.1, 0.15) is 23.2 Å². The number of carbonyl (C=O) groups is 1. The molecule has 0 atom stereocenters. The molecule has 25 heavy (non-hydrogen) atoms. The first-order chi connectivity index (χ1) is 12.2. The number of piperidine rings is 1. The molecule has 1 saturated heterocycles. The van der Waals surface area contributed by atoms with E-state index in [1.165, 1.54) is 0 Å². The van der Waals surface area contributed by atoms with E-state index < -0.39 is 0 Å². The smallest absolute Gasteiger partial charge is 0.253 e. The maximum Gasteiger partial charge on any atom is 0.253 e. The summed E-state index contributed by atoms with van der Waals surface area (Å²) in [5, 5.41) is 0.624. The standard InChI is InChI=1S/C19H17ClN2O2S/c20-15-3-1-2-4-17(15)24-14-7-9-22(10-8-14)19(23)13-5-6-16-18(11-13)25-12-21-16/h1-6,11-12,14H,7-10H2. The minimum atomic E-state index is 0.0755. The van der Waals surface area contributed by atoms with Gasteiger partial charge in [0.1, 0.15) is 11.9 Å². The van der Waals surface area contributed by atoms with Gasteiger partial charge in [-0.15, -0.1) is 11.3 Å². The number of benzene rings is 2. The molecule has 0 bridgehead atoms. The Kier molecular flexibility index (Phi) is 4.59. The highest BCUT2D eigenvalue weighted by molar-refractivity contribution is 7.16. The van der Waals surface area contributed by atoms with E-state index in [9.17, 15) is 4.79 Å². The van der Waals surface area contributed by atoms with Gasteiger partial charge in [-0.1, -0.05) is 23.7 Å². The minimum absolute atomic E-state index is 0.0755. The van der Waals surface area contributed by atoms with Gasteiger partial charge in [-0.3, -0.25) is 4.79 Å². The molecule has 1 fully saturated rings. The van der Waals surface area contributed by atoms with Crippen LogP contribution in [0.2, 0.25) is 5.02 Å². The number of nitrogens with zero attached hydrogens (tertiary/aromatic N) is 2. The van der Waals surface area contributed by atoms with E-state index in [2.05, 4.69) is 4.98 Å². The van der Waals surface area contributed by atoms with Crippen LogP contribution in [0, 0.1) is 0 Å². The summed E-state index contributed by atoms with van der Waals surface area (Å²) in [5.74, 6) is 0.788. The molecule has 1 aliphatic rings. The predicted octanol–water partition coefficient (Wildman–Crippen LogP) is 4.63. The van der Waals surface area contributed by atoms with Crippen LogP contribution in [0.4, 0.5) is 0 Å². The Morgan fingerprint density at radius 3 is 2.80 bits per heavy atom. The first-order valence-corrected chi connectivity index (χ1v) is 9.50. The van der Waals surface area contributed by atoms with E-state index in [0.29, 0.717) is 23.9 Å². The van der Waals surface area contributed by atoms with Crippen molar-refractivity contribution in [3.05, 3.63) is 58.6 Å². The number of para-hydroxylation sites is 1. The highest BCUT2D eigenvalue weighted by atomic mass is 35.5. The molecule has 6 heteroatoms. The first kappa shape index (κ1) is 16.4. The van der Waals surface area contributed by atoms with Gasteiger partial charge in [-0.05, 0) is 30.3 Å². The maximum atomic E-state index is 12.7. The lowest BCUT2D eigenvalue weighted by atomic mass is 10.1. The van der Waals surface area contributed by atoms with Gasteiger partial charge in [-0.25, -0.2) is 4.98 Å². The van der Waals surface area contributed by atoms with Gasteiger partial charge < -0.3 is 9.64 Å². The Balaban J connectivity index is 1.39. The van der Waals surface area contributed by atoms with Crippen LogP contribution in [-0.4, -0.2) is 35.0 Å². The second kappa shape index (κ2) is 7.02. The van der Waals surface area contributed by atoms with Gasteiger partial charge in [-0.2, -0.15) is 0 Å². The molecule has 4 nitrogen and oxygen atoms in total. The fourth-order valence-corrected chi connectivity index (χ4v) is 3.96. The topological polar surface area (TPSA) is 42.4 Å². The number of carbonyl (C=O) groups excluding carboxylic acids is 1. The molecule has 4 rings (SSSR count). The highest BCUT2D eigenvalue weighted by Crippen LogP contribution is 2.27. The molecule has 1 aliphatic heterocycles. The van der Waals surface area contributed by atoms with Crippen LogP contribution in [0.5, 0.6) is 5.75 Å². The van der Waals surface area contributed by atoms with Gasteiger partial charge in [0.05, 0.1) is 20.7 Å². The number of amides is 1. The van der Waals surface area contributed by atoms with E-state index in [1.807, 2.05) is 47.4 Å². The number of aromatic nitrogens is 1. The monoisotopic (exact) mass is 372 g/mol. The molecule has 3 aromatic rings. The van der Waals surface area contributed by atoms with Gasteiger partial charge >= 0.3 is 0 Å². The molecule has 128 valence electrons. The minimum Gasteiger partial charge on any atom is -0.489 e. The molecular weight excluding hydrogens is 356 g/mol. The van der Waals surface area contributed by atoms with Gasteiger partial charge in [0.25, 0.3) is 5.91 Å². The summed E-state index contributed by atoms with van der Waals surface area (Å²) in [4.78, 5) is 18.9. The van der Waals surface area contributed by atoms with Crippen molar-refractivity contribution in [3.8, 4) is 5.75 Å². The number of hydrogen-bond donors (Lipinski definition) is 0. The van der Waals surface area contributed by atoms with Gasteiger partial charge in [0, 0.05) is 31.5 Å². The Morgan fingerprint density at radius 1 is 1.20 bits per heavy atom. The van der Waals surface area contributed by atoms with Crippen LogP contribution in [0.3, 0.4) is 0 Å². The second-order valence-electron chi connectivity index (χ2n) is 6.07. The lowest BCUT2D eigenvalue weighted by Crippen LogP contribution is -2.41. The zero-order chi connectivity index (χ0) is 17.2. The number of thiazole rings is 1. The molecule has 0 aliphatic carbocycles. The number of likely N-dealkylation sites (tertiary alicyclic amines) is 1. The SMILES string of the molecule is O=C(c1ccc2ncsc2c1)N1CCC(Oc2ccccc2Cl)CC1. The van der Waals surface area contributed by atoms with Crippen molar-refractivity contribution in [2.45, 2.75) is 18.9 Å². The van der Waals surface area contributed by atoms with E-state index >= 15 is 0 Å². The molecule has 0 unspecified atom stereocenters. The van der Waals surface area contributed by atoms with Crippen molar-refractivity contribution in [1.29, 1.82) is 0 Å². The van der Waals surface area contributed by atoms with E-state index in [4.69, 9.17) is 16.3 Å². The lowest BCUT2D eigenvalue weighted by Gasteiger charge is -2.32. The average molecular weight is 373 g/mol. The van der Waals surface area contributed by atoms with Gasteiger partial charge in [0.15, 0.2) is 0 Å². The van der Waals surface area contributed by atoms with Gasteiger partial charge in [0.2, 0.25) is 0 Å². The van der Waals surface area contributed by atoms with Crippen molar-refractivity contribution < 1.29 is 9.53 Å². The first-order valence-electron chi connectivity index (χ1n) is 8.24. The van der Waals surface area contributed by atoms with Crippen molar-refractivity contribution in [2.75, 3.05) is 13.1 Å². The lowest BCUT2D eigenvalue weighted by molar-refractivity contribution is 0.0596. The summed E-state index contributed by atoms with van der Waals surface area (Å²) >= 11 is 7.70. The van der Waals surface area contributed by atoms with Crippen LogP contribution in [-0.2, 0) is 0 Å². The van der Waals surface area contributed by atoms with E-state index in [-0.39, 0.29) is 12.0 Å². The molecule has 2 aromatic carbocycles. The molecular formula is C19H17ClN2O2S. The quantitative estimate of drug-likeness (QED) is 0.673. The largest absolute Gasteiger partial charge is 0.489 e. The van der Waals surface area contributed by atoms with E-state index in [1.54, 1.807) is 16.8 Å². The maximum absolute atomic E-state index is 12.7. The molecule has 0 saturated carbocycles. The fraction of sp³-hybridized carbons (Fsp3) is 0.263. The van der Waals surface area contributed by atoms with Crippen molar-refractivity contribution in [1.82, 2.24) is 9.88 Å². The van der Waals surface area contributed by atoms with E-state index in [0.717, 1.165) is 28.6 Å². The Hall–Kier alpha value is -2.11. The fourth-order valence-electron chi connectivity index (χ4n) is 3.07. The summed E-state index contributed by atoms with van der Waals surface area (Å²) < 4.78 is 7.03. The second-order valence-corrected chi connectivity index (χ2v) is 7.37. The average Bonchev–Trinajstić information content (AvgIpc) is 3.11. The molecule has 1 aromatic heterocycles. The van der Waals surface area contributed by atoms with Crippen LogP contribution in [0.15, 0.2) is 48.0 Å². The molecule has 2 heterocycles. The summed E-state index contributed by atoms with van der Waals surface area (Å²) in [6.45, 7) is 1.38. The number of hydrogen-bond acceptors (Lipinski definition) is 4. The molecule has 0 spiro atoms. The predicted molar refractivity (Wildman–Crippen MR) is 101 cm³/mol. The van der Waals surface area contributed by atoms with Crippen LogP contribution < -0.4 is 4.74 Å². The third-order valence-corrected chi connectivity index (χ3v) is 5.54. The number of fused-ring (bicyclic) bond motifs is 1. The van der Waals surface area contributed by atoms with Crippen molar-refractivity contribution >= 4 is 39.1 Å². The Morgan fingerprint density at radius 2 is 2.00 bits per heavy atom. The Labute approximate surface area is 155 Å². The molecule has 0 N–H and O–H groups in total. The highest BCUT2D eigenvalue weighted by Gasteiger charge is 2.25. The zero-order valence-electron chi connectivity index (χ0n) is 13.5. The third-order valence-electron chi connectivity index (χ3n) is 4.44. The summed E-state index contributed by atoms with van der Waals surface area (Å²) in [7, 11) is 0. The number of halogens is 1. The Bertz CT molecular complexity index is 903. The van der Waals surface area contributed by atoms with Crippen molar-refractivity contribution in [2.24, 2.45) is 0 Å². The van der Waals surface area contributed by atoms with Crippen LogP contribution >= 0.6 is 22.9 Å². The summed E-state index contributed by atoms with van der Waals surface area (Å²) in [6.07, 6.45) is 1.70. The summed E-state index contributed by atoms with van der Waals surface area (Å²) in [6, 6.07) is 13.2. The zero-order valence-corrected chi connectivity index (χ0v) is 15.1. The third kappa shape index (κ3) is 3.48. The normalized spacial score (nSPS) is 15.5.